The van der Waals surface area contributed by atoms with Crippen molar-refractivity contribution < 1.29 is 9.13 Å². The summed E-state index contributed by atoms with van der Waals surface area (Å²) < 4.78 is 23.2. The molecule has 4 rings (SSSR count). The van der Waals surface area contributed by atoms with Gasteiger partial charge in [-0.1, -0.05) is 0 Å². The number of halogens is 1. The molecule has 124 valence electrons. The van der Waals surface area contributed by atoms with Crippen molar-refractivity contribution in [2.24, 2.45) is 0 Å². The third-order valence-electron chi connectivity index (χ3n) is 4.00. The lowest BCUT2D eigenvalue weighted by molar-refractivity contribution is 0.306. The second-order valence-electron chi connectivity index (χ2n) is 6.15. The molecule has 2 aromatic heterocycles. The van der Waals surface area contributed by atoms with Crippen molar-refractivity contribution in [3.8, 4) is 28.7 Å². The van der Waals surface area contributed by atoms with E-state index in [9.17, 15) is 4.39 Å². The van der Waals surface area contributed by atoms with Crippen molar-refractivity contribution in [1.29, 1.82) is 0 Å². The summed E-state index contributed by atoms with van der Waals surface area (Å²) in [5.41, 5.74) is 1.39. The van der Waals surface area contributed by atoms with E-state index in [2.05, 4.69) is 23.9 Å². The highest BCUT2D eigenvalue weighted by Crippen LogP contribution is 2.34. The Labute approximate surface area is 138 Å². The zero-order chi connectivity index (χ0) is 16.8. The van der Waals surface area contributed by atoms with Gasteiger partial charge in [0.25, 0.3) is 0 Å². The van der Waals surface area contributed by atoms with Crippen molar-refractivity contribution in [2.75, 3.05) is 6.61 Å². The molecule has 0 unspecified atom stereocenters. The van der Waals surface area contributed by atoms with Crippen molar-refractivity contribution >= 4 is 0 Å². The second kappa shape index (κ2) is 5.43. The van der Waals surface area contributed by atoms with Gasteiger partial charge in [-0.2, -0.15) is 5.10 Å². The van der Waals surface area contributed by atoms with Crippen LogP contribution in [0.25, 0.3) is 22.9 Å². The number of hydrogen-bond acceptors (Lipinski definition) is 4. The van der Waals surface area contributed by atoms with Crippen LogP contribution in [0.15, 0.2) is 24.4 Å². The van der Waals surface area contributed by atoms with Crippen LogP contribution in [-0.4, -0.2) is 30.9 Å². The zero-order valence-corrected chi connectivity index (χ0v) is 13.8. The minimum atomic E-state index is -0.309. The molecule has 3 aromatic rings. The molecule has 1 aliphatic heterocycles. The van der Waals surface area contributed by atoms with Gasteiger partial charge in [-0.3, -0.25) is 0 Å². The number of aryl methyl sites for hydroxylation is 1. The van der Waals surface area contributed by atoms with E-state index in [4.69, 9.17) is 9.72 Å². The van der Waals surface area contributed by atoms with Gasteiger partial charge in [0, 0.05) is 12.2 Å². The van der Waals surface area contributed by atoms with E-state index in [1.165, 1.54) is 12.1 Å². The van der Waals surface area contributed by atoms with Gasteiger partial charge in [-0.15, -0.1) is 0 Å². The largest absolute Gasteiger partial charge is 0.491 e. The predicted molar refractivity (Wildman–Crippen MR) is 87.3 cm³/mol. The van der Waals surface area contributed by atoms with Crippen LogP contribution in [0.1, 0.15) is 25.7 Å². The van der Waals surface area contributed by atoms with Crippen LogP contribution in [0.2, 0.25) is 0 Å². The first-order chi connectivity index (χ1) is 11.5. The second-order valence-corrected chi connectivity index (χ2v) is 6.15. The first-order valence-electron chi connectivity index (χ1n) is 7.96. The van der Waals surface area contributed by atoms with Crippen molar-refractivity contribution in [3.63, 3.8) is 0 Å². The molecule has 1 aromatic carbocycles. The molecule has 0 bridgehead atoms. The molecule has 24 heavy (non-hydrogen) atoms. The van der Waals surface area contributed by atoms with Gasteiger partial charge in [-0.05, 0) is 39.0 Å². The highest BCUT2D eigenvalue weighted by atomic mass is 19.1. The van der Waals surface area contributed by atoms with Gasteiger partial charge in [0.05, 0.1) is 12.1 Å². The van der Waals surface area contributed by atoms with Crippen LogP contribution in [0.3, 0.4) is 0 Å². The van der Waals surface area contributed by atoms with Crippen LogP contribution in [-0.2, 0) is 6.54 Å². The summed E-state index contributed by atoms with van der Waals surface area (Å²) in [6.45, 7) is 7.13. The number of aromatic nitrogens is 5. The lowest BCUT2D eigenvalue weighted by Crippen LogP contribution is -2.06. The Morgan fingerprint density at radius 1 is 1.21 bits per heavy atom. The third-order valence-corrected chi connectivity index (χ3v) is 4.00. The number of ether oxygens (including phenoxy) is 1. The van der Waals surface area contributed by atoms with Crippen molar-refractivity contribution in [2.45, 2.75) is 33.4 Å². The Balaban J connectivity index is 1.88. The Bertz CT molecular complexity index is 912. The highest BCUT2D eigenvalue weighted by molar-refractivity contribution is 5.68. The molecule has 0 saturated heterocycles. The molecule has 6 nitrogen and oxygen atoms in total. The number of nitrogens with zero attached hydrogens (tertiary/aromatic N) is 5. The van der Waals surface area contributed by atoms with E-state index in [-0.39, 0.29) is 11.9 Å². The maximum absolute atomic E-state index is 13.7. The molecule has 1 aliphatic rings. The van der Waals surface area contributed by atoms with E-state index in [0.717, 1.165) is 11.5 Å². The highest BCUT2D eigenvalue weighted by Gasteiger charge is 2.22. The fourth-order valence-electron chi connectivity index (χ4n) is 2.93. The molecular formula is C17H18FN5O. The van der Waals surface area contributed by atoms with Crippen LogP contribution in [0.5, 0.6) is 5.75 Å². The normalized spacial score (nSPS) is 13.4. The molecule has 0 fully saturated rings. The first kappa shape index (κ1) is 14.9. The number of fused-ring (bicyclic) bond motifs is 3. The van der Waals surface area contributed by atoms with Crippen LogP contribution < -0.4 is 4.74 Å². The Morgan fingerprint density at radius 3 is 2.83 bits per heavy atom. The zero-order valence-electron chi connectivity index (χ0n) is 13.8. The molecule has 7 heteroatoms. The third kappa shape index (κ3) is 2.36. The van der Waals surface area contributed by atoms with Gasteiger partial charge in [0.1, 0.15) is 35.5 Å². The van der Waals surface area contributed by atoms with E-state index >= 15 is 0 Å². The smallest absolute Gasteiger partial charge is 0.178 e. The molecule has 0 radical (unpaired) electrons. The van der Waals surface area contributed by atoms with Crippen LogP contribution >= 0.6 is 0 Å². The van der Waals surface area contributed by atoms with Gasteiger partial charge < -0.3 is 9.30 Å². The first-order valence-corrected chi connectivity index (χ1v) is 7.96. The molecule has 0 aliphatic carbocycles. The molecule has 0 N–H and O–H groups in total. The predicted octanol–water partition coefficient (Wildman–Crippen LogP) is 3.23. The summed E-state index contributed by atoms with van der Waals surface area (Å²) in [5.74, 6) is 2.46. The van der Waals surface area contributed by atoms with E-state index in [1.807, 2.05) is 22.4 Å². The number of benzene rings is 1. The van der Waals surface area contributed by atoms with Gasteiger partial charge >= 0.3 is 0 Å². The summed E-state index contributed by atoms with van der Waals surface area (Å²) in [4.78, 5) is 9.23. The summed E-state index contributed by atoms with van der Waals surface area (Å²) in [5, 5.41) is 4.44. The molecule has 0 amide bonds. The van der Waals surface area contributed by atoms with Gasteiger partial charge in [0.15, 0.2) is 5.82 Å². The monoisotopic (exact) mass is 327 g/mol. The van der Waals surface area contributed by atoms with E-state index < -0.39 is 0 Å². The molecule has 0 spiro atoms. The Kier molecular flexibility index (Phi) is 3.37. The van der Waals surface area contributed by atoms with Crippen molar-refractivity contribution in [1.82, 2.24) is 24.3 Å². The van der Waals surface area contributed by atoms with E-state index in [1.54, 1.807) is 6.07 Å². The quantitative estimate of drug-likeness (QED) is 0.725. The van der Waals surface area contributed by atoms with Crippen molar-refractivity contribution in [3.05, 3.63) is 36.0 Å². The molecule has 0 saturated carbocycles. The Hall–Kier alpha value is -2.70. The fourth-order valence-corrected chi connectivity index (χ4v) is 2.93. The lowest BCUT2D eigenvalue weighted by atomic mass is 10.2. The average molecular weight is 327 g/mol. The van der Waals surface area contributed by atoms with Gasteiger partial charge in [0.2, 0.25) is 0 Å². The van der Waals surface area contributed by atoms with E-state index in [0.29, 0.717) is 36.1 Å². The van der Waals surface area contributed by atoms with Crippen LogP contribution in [0, 0.1) is 12.7 Å². The number of hydrogen-bond donors (Lipinski definition) is 0. The van der Waals surface area contributed by atoms with Gasteiger partial charge in [-0.25, -0.2) is 19.0 Å². The minimum absolute atomic E-state index is 0.177. The maximum Gasteiger partial charge on any atom is 0.178 e. The molecular weight excluding hydrogens is 309 g/mol. The summed E-state index contributed by atoms with van der Waals surface area (Å²) >= 11 is 0. The average Bonchev–Trinajstić information content (AvgIpc) is 3.08. The fraction of sp³-hybridized carbons (Fsp3) is 0.353. The Morgan fingerprint density at radius 2 is 2.04 bits per heavy atom. The number of rotatable bonds is 2. The molecule has 3 heterocycles. The van der Waals surface area contributed by atoms with Crippen LogP contribution in [0.4, 0.5) is 4.39 Å². The number of imidazole rings is 1. The standard InChI is InChI=1S/C17H18FN5O/c1-10(2)23-17(19-11(3)21-23)14-9-22-6-7-24-15-5-4-12(18)8-13(15)16(22)20-14/h4-5,8-10H,6-7H2,1-3H3. The molecule has 0 atom stereocenters. The summed E-state index contributed by atoms with van der Waals surface area (Å²) in [7, 11) is 0. The topological polar surface area (TPSA) is 57.8 Å². The lowest BCUT2D eigenvalue weighted by Gasteiger charge is -2.07. The minimum Gasteiger partial charge on any atom is -0.491 e. The summed E-state index contributed by atoms with van der Waals surface area (Å²) in [6, 6.07) is 4.68. The maximum atomic E-state index is 13.7. The summed E-state index contributed by atoms with van der Waals surface area (Å²) in [6.07, 6.45) is 1.93. The SMILES string of the molecule is Cc1nc(-c2cn3c(n2)-c2cc(F)ccc2OCC3)n(C(C)C)n1.